The largest absolute Gasteiger partial charge is 0.469 e. The van der Waals surface area contributed by atoms with E-state index in [-0.39, 0.29) is 18.3 Å². The van der Waals surface area contributed by atoms with E-state index in [1.165, 1.54) is 18.4 Å². The summed E-state index contributed by atoms with van der Waals surface area (Å²) in [6.45, 7) is 3.77. The maximum absolute atomic E-state index is 11.9. The van der Waals surface area contributed by atoms with Crippen LogP contribution >= 0.6 is 11.3 Å². The molecule has 0 aliphatic carbocycles. The lowest BCUT2D eigenvalue weighted by atomic mass is 9.94. The van der Waals surface area contributed by atoms with Crippen molar-refractivity contribution in [3.05, 3.63) is 22.4 Å². The van der Waals surface area contributed by atoms with E-state index in [0.29, 0.717) is 11.3 Å². The maximum atomic E-state index is 11.9. The summed E-state index contributed by atoms with van der Waals surface area (Å²) in [4.78, 5) is 23.8. The van der Waals surface area contributed by atoms with E-state index in [2.05, 4.69) is 10.1 Å². The molecule has 0 spiro atoms. The van der Waals surface area contributed by atoms with Gasteiger partial charge in [0.2, 0.25) is 0 Å². The smallest absolute Gasteiger partial charge is 0.307 e. The molecule has 1 rings (SSSR count). The van der Waals surface area contributed by atoms with E-state index < -0.39 is 5.54 Å². The molecule has 1 atom stereocenters. The molecule has 1 amide bonds. The Morgan fingerprint density at radius 2 is 2.24 bits per heavy atom. The van der Waals surface area contributed by atoms with Crippen molar-refractivity contribution in [2.75, 3.05) is 7.11 Å². The Labute approximate surface area is 105 Å². The molecule has 5 heteroatoms. The number of hydrogen-bond donors (Lipinski definition) is 1. The van der Waals surface area contributed by atoms with Crippen LogP contribution < -0.4 is 5.32 Å². The van der Waals surface area contributed by atoms with E-state index in [1.807, 2.05) is 25.3 Å². The highest BCUT2D eigenvalue weighted by Crippen LogP contribution is 2.17. The standard InChI is InChI=1S/C12H17NO3S/c1-4-12(2,8-10(14)16-3)13-11(15)9-6-5-7-17-9/h5-7H,4,8H2,1-3H3,(H,13,15)/t12-/m0/s1. The van der Waals surface area contributed by atoms with Crippen LogP contribution in [0.2, 0.25) is 0 Å². The third-order valence-electron chi connectivity index (χ3n) is 2.70. The maximum Gasteiger partial charge on any atom is 0.307 e. The number of carbonyl (C=O) groups excluding carboxylic acids is 2. The molecule has 17 heavy (non-hydrogen) atoms. The second-order valence-electron chi connectivity index (χ2n) is 4.10. The average Bonchev–Trinajstić information content (AvgIpc) is 2.82. The molecule has 0 saturated carbocycles. The molecule has 0 unspecified atom stereocenters. The molecule has 1 aromatic rings. The number of rotatable bonds is 5. The van der Waals surface area contributed by atoms with Crippen molar-refractivity contribution >= 4 is 23.2 Å². The zero-order valence-electron chi connectivity index (χ0n) is 10.3. The number of esters is 1. The molecule has 1 N–H and O–H groups in total. The van der Waals surface area contributed by atoms with Crippen LogP contribution in [0.25, 0.3) is 0 Å². The average molecular weight is 255 g/mol. The summed E-state index contributed by atoms with van der Waals surface area (Å²) in [5, 5.41) is 4.73. The summed E-state index contributed by atoms with van der Waals surface area (Å²) in [5.74, 6) is -0.464. The normalized spacial score (nSPS) is 13.8. The van der Waals surface area contributed by atoms with E-state index in [4.69, 9.17) is 0 Å². The zero-order chi connectivity index (χ0) is 12.9. The van der Waals surface area contributed by atoms with E-state index in [0.717, 1.165) is 0 Å². The van der Waals surface area contributed by atoms with Gasteiger partial charge in [-0.05, 0) is 24.8 Å². The lowest BCUT2D eigenvalue weighted by molar-refractivity contribution is -0.142. The lowest BCUT2D eigenvalue weighted by Gasteiger charge is -2.28. The fourth-order valence-electron chi connectivity index (χ4n) is 1.39. The number of methoxy groups -OCH3 is 1. The van der Waals surface area contributed by atoms with Gasteiger partial charge >= 0.3 is 5.97 Å². The predicted octanol–water partition coefficient (Wildman–Crippen LogP) is 2.21. The van der Waals surface area contributed by atoms with Crippen molar-refractivity contribution in [2.45, 2.75) is 32.2 Å². The Hall–Kier alpha value is -1.36. The van der Waals surface area contributed by atoms with Gasteiger partial charge in [0.05, 0.1) is 18.4 Å². The fourth-order valence-corrected chi connectivity index (χ4v) is 2.01. The number of thiophene rings is 1. The minimum Gasteiger partial charge on any atom is -0.469 e. The summed E-state index contributed by atoms with van der Waals surface area (Å²) >= 11 is 1.38. The van der Waals surface area contributed by atoms with Gasteiger partial charge < -0.3 is 10.1 Å². The topological polar surface area (TPSA) is 55.4 Å². The van der Waals surface area contributed by atoms with Gasteiger partial charge in [-0.25, -0.2) is 0 Å². The van der Waals surface area contributed by atoms with Crippen LogP contribution in [0.5, 0.6) is 0 Å². The molecule has 0 bridgehead atoms. The van der Waals surface area contributed by atoms with Gasteiger partial charge in [-0.2, -0.15) is 0 Å². The lowest BCUT2D eigenvalue weighted by Crippen LogP contribution is -2.47. The van der Waals surface area contributed by atoms with Gasteiger partial charge in [0.15, 0.2) is 0 Å². The third kappa shape index (κ3) is 3.85. The molecule has 0 radical (unpaired) electrons. The van der Waals surface area contributed by atoms with Crippen molar-refractivity contribution in [3.63, 3.8) is 0 Å². The van der Waals surface area contributed by atoms with Crippen LogP contribution in [0.1, 0.15) is 36.4 Å². The fraction of sp³-hybridized carbons (Fsp3) is 0.500. The van der Waals surface area contributed by atoms with Crippen LogP contribution in [0.3, 0.4) is 0 Å². The van der Waals surface area contributed by atoms with E-state index in [9.17, 15) is 9.59 Å². The monoisotopic (exact) mass is 255 g/mol. The third-order valence-corrected chi connectivity index (χ3v) is 3.57. The van der Waals surface area contributed by atoms with Gasteiger partial charge in [-0.15, -0.1) is 11.3 Å². The summed E-state index contributed by atoms with van der Waals surface area (Å²) < 4.78 is 4.63. The minimum absolute atomic E-state index is 0.145. The highest BCUT2D eigenvalue weighted by Gasteiger charge is 2.28. The van der Waals surface area contributed by atoms with Crippen molar-refractivity contribution in [1.29, 1.82) is 0 Å². The SMILES string of the molecule is CC[C@@](C)(CC(=O)OC)NC(=O)c1cccs1. The first-order chi connectivity index (χ1) is 8.00. The zero-order valence-corrected chi connectivity index (χ0v) is 11.1. The van der Waals surface area contributed by atoms with Crippen LogP contribution in [-0.4, -0.2) is 24.5 Å². The Morgan fingerprint density at radius 1 is 1.53 bits per heavy atom. The number of nitrogens with one attached hydrogen (secondary N) is 1. The molecular formula is C12H17NO3S. The molecular weight excluding hydrogens is 238 g/mol. The molecule has 4 nitrogen and oxygen atoms in total. The molecule has 0 fully saturated rings. The Balaban J connectivity index is 2.68. The Bertz CT molecular complexity index is 388. The molecule has 94 valence electrons. The summed E-state index contributed by atoms with van der Waals surface area (Å²) in [6.07, 6.45) is 0.844. The van der Waals surface area contributed by atoms with Gasteiger partial charge in [0.1, 0.15) is 0 Å². The quantitative estimate of drug-likeness (QED) is 0.821. The number of carbonyl (C=O) groups is 2. The van der Waals surface area contributed by atoms with Gasteiger partial charge in [0, 0.05) is 5.54 Å². The molecule has 1 aromatic heterocycles. The van der Waals surface area contributed by atoms with Crippen LogP contribution in [-0.2, 0) is 9.53 Å². The molecule has 0 saturated heterocycles. The number of hydrogen-bond acceptors (Lipinski definition) is 4. The first-order valence-corrected chi connectivity index (χ1v) is 6.31. The van der Waals surface area contributed by atoms with Gasteiger partial charge in [-0.1, -0.05) is 13.0 Å². The number of ether oxygens (including phenoxy) is 1. The Morgan fingerprint density at radius 3 is 2.71 bits per heavy atom. The second-order valence-corrected chi connectivity index (χ2v) is 5.05. The predicted molar refractivity (Wildman–Crippen MR) is 67.1 cm³/mol. The minimum atomic E-state index is -0.561. The molecule has 0 aliphatic heterocycles. The highest BCUT2D eigenvalue weighted by molar-refractivity contribution is 7.12. The number of amides is 1. The highest BCUT2D eigenvalue weighted by atomic mass is 32.1. The summed E-state index contributed by atoms with van der Waals surface area (Å²) in [5.41, 5.74) is -0.561. The summed E-state index contributed by atoms with van der Waals surface area (Å²) in [7, 11) is 1.35. The first kappa shape index (κ1) is 13.7. The second kappa shape index (κ2) is 5.82. The van der Waals surface area contributed by atoms with Crippen molar-refractivity contribution < 1.29 is 14.3 Å². The van der Waals surface area contributed by atoms with E-state index >= 15 is 0 Å². The van der Waals surface area contributed by atoms with Crippen LogP contribution in [0, 0.1) is 0 Å². The van der Waals surface area contributed by atoms with Crippen LogP contribution in [0.15, 0.2) is 17.5 Å². The van der Waals surface area contributed by atoms with Gasteiger partial charge in [0.25, 0.3) is 5.91 Å². The van der Waals surface area contributed by atoms with Crippen molar-refractivity contribution in [1.82, 2.24) is 5.32 Å². The first-order valence-electron chi connectivity index (χ1n) is 5.43. The Kier molecular flexibility index (Phi) is 4.69. The van der Waals surface area contributed by atoms with E-state index in [1.54, 1.807) is 6.07 Å². The molecule has 0 aliphatic rings. The molecule has 1 heterocycles. The molecule has 0 aromatic carbocycles. The van der Waals surface area contributed by atoms with Crippen molar-refractivity contribution in [2.24, 2.45) is 0 Å². The van der Waals surface area contributed by atoms with Gasteiger partial charge in [-0.3, -0.25) is 9.59 Å². The summed E-state index contributed by atoms with van der Waals surface area (Å²) in [6, 6.07) is 3.58. The van der Waals surface area contributed by atoms with Crippen molar-refractivity contribution in [3.8, 4) is 0 Å². The van der Waals surface area contributed by atoms with Crippen LogP contribution in [0.4, 0.5) is 0 Å².